The van der Waals surface area contributed by atoms with Gasteiger partial charge in [0.1, 0.15) is 5.60 Å². The number of amides is 1. The molecule has 0 unspecified atom stereocenters. The van der Waals surface area contributed by atoms with Crippen LogP contribution in [0.2, 0.25) is 0 Å². The third-order valence-electron chi connectivity index (χ3n) is 2.72. The molecule has 1 saturated heterocycles. The van der Waals surface area contributed by atoms with Gasteiger partial charge in [-0.05, 0) is 27.7 Å². The first-order chi connectivity index (χ1) is 8.35. The van der Waals surface area contributed by atoms with Crippen LogP contribution in [0.15, 0.2) is 6.20 Å². The molecule has 1 amide bonds. The van der Waals surface area contributed by atoms with Gasteiger partial charge < -0.3 is 15.0 Å². The summed E-state index contributed by atoms with van der Waals surface area (Å²) in [6, 6.07) is 0.272. The highest BCUT2D eigenvalue weighted by atomic mass is 16.6. The van der Waals surface area contributed by atoms with Crippen molar-refractivity contribution in [2.75, 3.05) is 18.4 Å². The van der Waals surface area contributed by atoms with Crippen LogP contribution in [0.5, 0.6) is 0 Å². The number of carbonyl (C=O) groups is 1. The van der Waals surface area contributed by atoms with Gasteiger partial charge in [0.15, 0.2) is 0 Å². The molecule has 1 fully saturated rings. The molecule has 1 aliphatic heterocycles. The minimum Gasteiger partial charge on any atom is -0.444 e. The Hall–Kier alpha value is -1.72. The lowest BCUT2D eigenvalue weighted by Gasteiger charge is -2.40. The van der Waals surface area contributed by atoms with Crippen LogP contribution in [0.25, 0.3) is 0 Å². The summed E-state index contributed by atoms with van der Waals surface area (Å²) in [6.45, 7) is 8.88. The molecule has 0 spiro atoms. The van der Waals surface area contributed by atoms with Gasteiger partial charge in [0, 0.05) is 19.3 Å². The van der Waals surface area contributed by atoms with Gasteiger partial charge in [-0.25, -0.2) is 4.79 Å². The molecule has 1 aromatic rings. The molecule has 0 radical (unpaired) electrons. The second kappa shape index (κ2) is 4.51. The number of aryl methyl sites for hydroxylation is 1. The number of nitrogens with zero attached hydrogens (tertiary/aromatic N) is 2. The molecule has 100 valence electrons. The maximum Gasteiger partial charge on any atom is 0.410 e. The molecule has 0 aromatic carbocycles. The first-order valence-corrected chi connectivity index (χ1v) is 6.10. The normalized spacial score (nSPS) is 16.3. The number of hydrogen-bond acceptors (Lipinski definition) is 4. The van der Waals surface area contributed by atoms with Crippen molar-refractivity contribution in [2.45, 2.75) is 39.3 Å². The smallest absolute Gasteiger partial charge is 0.410 e. The van der Waals surface area contributed by atoms with E-state index in [9.17, 15) is 4.79 Å². The predicted octanol–water partition coefficient (Wildman–Crippen LogP) is 1.75. The average Bonchev–Trinajstić information content (AvgIpc) is 2.54. The fourth-order valence-electron chi connectivity index (χ4n) is 1.77. The van der Waals surface area contributed by atoms with Crippen molar-refractivity contribution in [3.63, 3.8) is 0 Å². The van der Waals surface area contributed by atoms with E-state index >= 15 is 0 Å². The van der Waals surface area contributed by atoms with E-state index in [1.807, 2.05) is 33.9 Å². The number of anilines is 1. The molecule has 6 nitrogen and oxygen atoms in total. The largest absolute Gasteiger partial charge is 0.444 e. The zero-order chi connectivity index (χ0) is 13.3. The van der Waals surface area contributed by atoms with E-state index in [1.165, 1.54) is 0 Å². The van der Waals surface area contributed by atoms with Gasteiger partial charge in [-0.3, -0.25) is 5.10 Å². The summed E-state index contributed by atoms with van der Waals surface area (Å²) >= 11 is 0. The summed E-state index contributed by atoms with van der Waals surface area (Å²) in [4.78, 5) is 13.4. The summed E-state index contributed by atoms with van der Waals surface area (Å²) in [6.07, 6.45) is 1.58. The maximum absolute atomic E-state index is 11.7. The maximum atomic E-state index is 11.7. The van der Waals surface area contributed by atoms with Gasteiger partial charge >= 0.3 is 6.09 Å². The first-order valence-electron chi connectivity index (χ1n) is 6.10. The van der Waals surface area contributed by atoms with Crippen molar-refractivity contribution in [3.8, 4) is 0 Å². The van der Waals surface area contributed by atoms with E-state index < -0.39 is 5.60 Å². The minimum atomic E-state index is -0.434. The Kier molecular flexibility index (Phi) is 3.19. The molecule has 1 aliphatic rings. The molecule has 18 heavy (non-hydrogen) atoms. The Morgan fingerprint density at radius 1 is 1.56 bits per heavy atom. The molecule has 1 aromatic heterocycles. The third kappa shape index (κ3) is 2.94. The topological polar surface area (TPSA) is 70.2 Å². The molecular weight excluding hydrogens is 232 g/mol. The third-order valence-corrected chi connectivity index (χ3v) is 2.72. The SMILES string of the molecule is Cc1n[nH]cc1NC1CN(C(=O)OC(C)(C)C)C1. The van der Waals surface area contributed by atoms with Crippen molar-refractivity contribution in [1.82, 2.24) is 15.1 Å². The van der Waals surface area contributed by atoms with Gasteiger partial charge in [0.05, 0.1) is 17.4 Å². The highest BCUT2D eigenvalue weighted by Gasteiger charge is 2.33. The van der Waals surface area contributed by atoms with Gasteiger partial charge in [0.25, 0.3) is 0 Å². The first kappa shape index (κ1) is 12.7. The van der Waals surface area contributed by atoms with Crippen LogP contribution in [0.4, 0.5) is 10.5 Å². The van der Waals surface area contributed by atoms with E-state index in [-0.39, 0.29) is 12.1 Å². The van der Waals surface area contributed by atoms with Crippen molar-refractivity contribution >= 4 is 11.8 Å². The molecule has 2 N–H and O–H groups in total. The summed E-state index contributed by atoms with van der Waals surface area (Å²) in [5.41, 5.74) is 1.49. The Morgan fingerprint density at radius 2 is 2.22 bits per heavy atom. The molecule has 0 aliphatic carbocycles. The number of H-pyrrole nitrogens is 1. The number of carbonyl (C=O) groups excluding carboxylic acids is 1. The van der Waals surface area contributed by atoms with Gasteiger partial charge in [-0.15, -0.1) is 0 Å². The van der Waals surface area contributed by atoms with Crippen LogP contribution in [0.1, 0.15) is 26.5 Å². The molecule has 0 saturated carbocycles. The summed E-state index contributed by atoms with van der Waals surface area (Å²) in [5, 5.41) is 10.2. The second-order valence-electron chi connectivity index (χ2n) is 5.61. The number of hydrogen-bond donors (Lipinski definition) is 2. The average molecular weight is 252 g/mol. The molecule has 0 atom stereocenters. The number of likely N-dealkylation sites (tertiary alicyclic amines) is 1. The van der Waals surface area contributed by atoms with E-state index in [0.29, 0.717) is 13.1 Å². The Morgan fingerprint density at radius 3 is 2.72 bits per heavy atom. The highest BCUT2D eigenvalue weighted by Crippen LogP contribution is 2.19. The van der Waals surface area contributed by atoms with E-state index in [4.69, 9.17) is 4.74 Å². The Bertz CT molecular complexity index is 430. The quantitative estimate of drug-likeness (QED) is 0.841. The van der Waals surface area contributed by atoms with Crippen LogP contribution < -0.4 is 5.32 Å². The van der Waals surface area contributed by atoms with Crippen LogP contribution >= 0.6 is 0 Å². The Labute approximate surface area is 107 Å². The lowest BCUT2D eigenvalue weighted by molar-refractivity contribution is 0.0105. The Balaban J connectivity index is 1.77. The highest BCUT2D eigenvalue weighted by molar-refractivity contribution is 5.69. The molecule has 6 heteroatoms. The fourth-order valence-corrected chi connectivity index (χ4v) is 1.77. The zero-order valence-electron chi connectivity index (χ0n) is 11.3. The molecule has 0 bridgehead atoms. The number of aromatic nitrogens is 2. The van der Waals surface area contributed by atoms with Gasteiger partial charge in [-0.2, -0.15) is 5.10 Å². The second-order valence-corrected chi connectivity index (χ2v) is 5.61. The summed E-state index contributed by atoms with van der Waals surface area (Å²) in [7, 11) is 0. The van der Waals surface area contributed by atoms with Crippen LogP contribution in [0.3, 0.4) is 0 Å². The summed E-state index contributed by atoms with van der Waals surface area (Å²) in [5.74, 6) is 0. The van der Waals surface area contributed by atoms with Crippen LogP contribution in [-0.4, -0.2) is 45.9 Å². The molecular formula is C12H20N4O2. The van der Waals surface area contributed by atoms with Crippen molar-refractivity contribution in [2.24, 2.45) is 0 Å². The lowest BCUT2D eigenvalue weighted by Crippen LogP contribution is -2.57. The number of aromatic amines is 1. The van der Waals surface area contributed by atoms with E-state index in [0.717, 1.165) is 11.4 Å². The predicted molar refractivity (Wildman–Crippen MR) is 68.5 cm³/mol. The van der Waals surface area contributed by atoms with Crippen LogP contribution in [0, 0.1) is 6.92 Å². The van der Waals surface area contributed by atoms with Crippen molar-refractivity contribution < 1.29 is 9.53 Å². The number of nitrogens with one attached hydrogen (secondary N) is 2. The number of rotatable bonds is 2. The fraction of sp³-hybridized carbons (Fsp3) is 0.667. The summed E-state index contributed by atoms with van der Waals surface area (Å²) < 4.78 is 5.29. The molecule has 2 rings (SSSR count). The van der Waals surface area contributed by atoms with Gasteiger partial charge in [-0.1, -0.05) is 0 Å². The van der Waals surface area contributed by atoms with Gasteiger partial charge in [0.2, 0.25) is 0 Å². The van der Waals surface area contributed by atoms with Crippen LogP contribution in [-0.2, 0) is 4.74 Å². The lowest BCUT2D eigenvalue weighted by atomic mass is 10.1. The van der Waals surface area contributed by atoms with Crippen molar-refractivity contribution in [1.29, 1.82) is 0 Å². The minimum absolute atomic E-state index is 0.246. The van der Waals surface area contributed by atoms with Crippen molar-refractivity contribution in [3.05, 3.63) is 11.9 Å². The standard InChI is InChI=1S/C12H20N4O2/c1-8-10(5-13-15-8)14-9-6-16(7-9)11(17)18-12(2,3)4/h5,9,14H,6-7H2,1-4H3,(H,13,15). The molecule has 2 heterocycles. The van der Waals surface area contributed by atoms with E-state index in [1.54, 1.807) is 4.90 Å². The number of ether oxygens (including phenoxy) is 1. The van der Waals surface area contributed by atoms with E-state index in [2.05, 4.69) is 15.5 Å². The monoisotopic (exact) mass is 252 g/mol. The zero-order valence-corrected chi connectivity index (χ0v) is 11.3.